The van der Waals surface area contributed by atoms with Crippen molar-refractivity contribution in [2.24, 2.45) is 0 Å². The number of fused-ring (bicyclic) bond motifs is 2. The summed E-state index contributed by atoms with van der Waals surface area (Å²) in [5, 5.41) is 1.17. The highest BCUT2D eigenvalue weighted by atomic mass is 35.5. The molecule has 0 N–H and O–H groups in total. The maximum Gasteiger partial charge on any atom is 0.291 e. The number of amides is 1. The van der Waals surface area contributed by atoms with Crippen molar-refractivity contribution in [1.82, 2.24) is 4.90 Å². The summed E-state index contributed by atoms with van der Waals surface area (Å²) in [5.74, 6) is 0.255. The second-order valence-electron chi connectivity index (χ2n) is 7.26. The molecule has 1 aliphatic rings. The molecule has 7 heteroatoms. The number of nitrogens with zero attached hydrogens (tertiary/aromatic N) is 1. The lowest BCUT2D eigenvalue weighted by Gasteiger charge is -2.24. The van der Waals surface area contributed by atoms with Crippen LogP contribution in [0.3, 0.4) is 0 Å². The molecule has 150 valence electrons. The van der Waals surface area contributed by atoms with Gasteiger partial charge in [-0.3, -0.25) is 9.59 Å². The molecule has 0 aliphatic carbocycles. The molecule has 5 rings (SSSR count). The second kappa shape index (κ2) is 7.04. The highest BCUT2D eigenvalue weighted by molar-refractivity contribution is 6.42. The fourth-order valence-corrected chi connectivity index (χ4v) is 4.20. The van der Waals surface area contributed by atoms with Crippen LogP contribution in [-0.2, 0) is 6.54 Å². The van der Waals surface area contributed by atoms with Crippen LogP contribution in [0.4, 0.5) is 0 Å². The van der Waals surface area contributed by atoms with Crippen molar-refractivity contribution in [3.8, 4) is 0 Å². The van der Waals surface area contributed by atoms with Crippen molar-refractivity contribution in [2.45, 2.75) is 19.5 Å². The van der Waals surface area contributed by atoms with Gasteiger partial charge in [0, 0.05) is 0 Å². The highest BCUT2D eigenvalue weighted by Crippen LogP contribution is 2.40. The molecule has 30 heavy (non-hydrogen) atoms. The summed E-state index contributed by atoms with van der Waals surface area (Å²) in [6, 6.07) is 13.3. The van der Waals surface area contributed by atoms with E-state index in [1.165, 1.54) is 6.26 Å². The van der Waals surface area contributed by atoms with Gasteiger partial charge < -0.3 is 13.7 Å². The number of carbonyl (C=O) groups excluding carboxylic acids is 1. The number of hydrogen-bond acceptors (Lipinski definition) is 4. The first kappa shape index (κ1) is 19.0. The molecule has 0 bridgehead atoms. The zero-order valence-corrected chi connectivity index (χ0v) is 17.3. The Kier molecular flexibility index (Phi) is 4.45. The van der Waals surface area contributed by atoms with Gasteiger partial charge in [-0.25, -0.2) is 0 Å². The minimum Gasteiger partial charge on any atom is -0.467 e. The molecule has 0 saturated heterocycles. The quantitative estimate of drug-likeness (QED) is 0.407. The van der Waals surface area contributed by atoms with Crippen molar-refractivity contribution >= 4 is 40.1 Å². The summed E-state index contributed by atoms with van der Waals surface area (Å²) >= 11 is 12.3. The Hall–Kier alpha value is -3.02. The van der Waals surface area contributed by atoms with E-state index < -0.39 is 6.04 Å². The summed E-state index contributed by atoms with van der Waals surface area (Å²) < 4.78 is 11.4. The van der Waals surface area contributed by atoms with E-state index in [0.29, 0.717) is 37.9 Å². The van der Waals surface area contributed by atoms with E-state index in [1.54, 1.807) is 47.4 Å². The molecule has 1 amide bonds. The Morgan fingerprint density at radius 2 is 1.87 bits per heavy atom. The number of halogens is 2. The molecule has 3 heterocycles. The van der Waals surface area contributed by atoms with E-state index in [4.69, 9.17) is 32.0 Å². The molecule has 2 aromatic heterocycles. The SMILES string of the molecule is Cc1ccc2oc3c(c(=O)c2c1)C(c1ccc(Cl)c(Cl)c1)N(Cc1ccco1)C3=O. The molecule has 4 aromatic rings. The summed E-state index contributed by atoms with van der Waals surface area (Å²) in [5.41, 5.74) is 2.04. The third kappa shape index (κ3) is 2.93. The number of rotatable bonds is 3. The average molecular weight is 440 g/mol. The smallest absolute Gasteiger partial charge is 0.291 e. The van der Waals surface area contributed by atoms with E-state index >= 15 is 0 Å². The predicted octanol–water partition coefficient (Wildman–Crippen LogP) is 5.75. The minimum atomic E-state index is -0.673. The zero-order valence-electron chi connectivity index (χ0n) is 15.8. The van der Waals surface area contributed by atoms with Gasteiger partial charge in [-0.1, -0.05) is 40.9 Å². The van der Waals surface area contributed by atoms with Gasteiger partial charge in [0.15, 0.2) is 5.43 Å². The maximum atomic E-state index is 13.5. The van der Waals surface area contributed by atoms with Crippen LogP contribution in [0.15, 0.2) is 68.4 Å². The van der Waals surface area contributed by atoms with E-state index in [0.717, 1.165) is 5.56 Å². The van der Waals surface area contributed by atoms with E-state index in [9.17, 15) is 9.59 Å². The van der Waals surface area contributed by atoms with Gasteiger partial charge in [-0.05, 0) is 48.9 Å². The van der Waals surface area contributed by atoms with Crippen molar-refractivity contribution in [1.29, 1.82) is 0 Å². The fraction of sp³-hybridized carbons (Fsp3) is 0.130. The maximum absolute atomic E-state index is 13.5. The molecule has 0 spiro atoms. The first-order chi connectivity index (χ1) is 14.4. The first-order valence-corrected chi connectivity index (χ1v) is 10.1. The van der Waals surface area contributed by atoms with E-state index in [-0.39, 0.29) is 23.6 Å². The van der Waals surface area contributed by atoms with Crippen LogP contribution >= 0.6 is 23.2 Å². The summed E-state index contributed by atoms with van der Waals surface area (Å²) in [4.78, 5) is 28.3. The van der Waals surface area contributed by atoms with Crippen LogP contribution < -0.4 is 5.43 Å². The lowest BCUT2D eigenvalue weighted by Crippen LogP contribution is -2.29. The molecule has 0 radical (unpaired) electrons. The zero-order chi connectivity index (χ0) is 21.0. The third-order valence-corrected chi connectivity index (χ3v) is 6.03. The summed E-state index contributed by atoms with van der Waals surface area (Å²) in [6.45, 7) is 2.08. The van der Waals surface area contributed by atoms with Crippen LogP contribution in [0.2, 0.25) is 10.0 Å². The lowest BCUT2D eigenvalue weighted by atomic mass is 9.98. The largest absolute Gasteiger partial charge is 0.467 e. The van der Waals surface area contributed by atoms with Gasteiger partial charge in [0.2, 0.25) is 5.76 Å². The monoisotopic (exact) mass is 439 g/mol. The van der Waals surface area contributed by atoms with Gasteiger partial charge in [-0.2, -0.15) is 0 Å². The van der Waals surface area contributed by atoms with Gasteiger partial charge >= 0.3 is 0 Å². The molecular formula is C23H15Cl2NO4. The number of carbonyl (C=O) groups is 1. The molecule has 1 unspecified atom stereocenters. The molecular weight excluding hydrogens is 425 g/mol. The fourth-order valence-electron chi connectivity index (χ4n) is 3.90. The number of aryl methyl sites for hydroxylation is 1. The van der Waals surface area contributed by atoms with Crippen LogP contribution in [0.25, 0.3) is 11.0 Å². The topological polar surface area (TPSA) is 63.7 Å². The van der Waals surface area contributed by atoms with Gasteiger partial charge in [0.25, 0.3) is 5.91 Å². The Balaban J connectivity index is 1.77. The van der Waals surface area contributed by atoms with Crippen molar-refractivity contribution in [3.05, 3.63) is 103 Å². The number of hydrogen-bond donors (Lipinski definition) is 0. The molecule has 2 aromatic carbocycles. The van der Waals surface area contributed by atoms with Crippen molar-refractivity contribution < 1.29 is 13.6 Å². The van der Waals surface area contributed by atoms with Crippen LogP contribution in [0.1, 0.15) is 39.0 Å². The summed E-state index contributed by atoms with van der Waals surface area (Å²) in [6.07, 6.45) is 1.54. The average Bonchev–Trinajstić information content (AvgIpc) is 3.33. The number of benzene rings is 2. The molecule has 5 nitrogen and oxygen atoms in total. The Morgan fingerprint density at radius 3 is 2.60 bits per heavy atom. The van der Waals surface area contributed by atoms with Crippen molar-refractivity contribution in [3.63, 3.8) is 0 Å². The van der Waals surface area contributed by atoms with E-state index in [1.807, 2.05) is 13.0 Å². The van der Waals surface area contributed by atoms with Gasteiger partial charge in [0.1, 0.15) is 11.3 Å². The highest BCUT2D eigenvalue weighted by Gasteiger charge is 2.43. The molecule has 1 atom stereocenters. The Morgan fingerprint density at radius 1 is 1.03 bits per heavy atom. The summed E-state index contributed by atoms with van der Waals surface area (Å²) in [7, 11) is 0. The van der Waals surface area contributed by atoms with Crippen LogP contribution in [-0.4, -0.2) is 10.8 Å². The second-order valence-corrected chi connectivity index (χ2v) is 8.08. The first-order valence-electron chi connectivity index (χ1n) is 9.29. The normalized spacial score (nSPS) is 15.8. The van der Waals surface area contributed by atoms with Gasteiger partial charge in [-0.15, -0.1) is 0 Å². The van der Waals surface area contributed by atoms with E-state index in [2.05, 4.69) is 0 Å². The van der Waals surface area contributed by atoms with Crippen LogP contribution in [0, 0.1) is 6.92 Å². The molecule has 0 fully saturated rings. The molecule has 1 aliphatic heterocycles. The third-order valence-electron chi connectivity index (χ3n) is 5.29. The molecule has 0 saturated carbocycles. The van der Waals surface area contributed by atoms with Gasteiger partial charge in [0.05, 0.1) is 39.8 Å². The Bertz CT molecular complexity index is 1360. The van der Waals surface area contributed by atoms with Crippen molar-refractivity contribution in [2.75, 3.05) is 0 Å². The van der Waals surface area contributed by atoms with Crippen LogP contribution in [0.5, 0.6) is 0 Å². The minimum absolute atomic E-state index is 0.0407. The number of furan rings is 1. The predicted molar refractivity (Wildman–Crippen MR) is 114 cm³/mol. The standard InChI is InChI=1S/C23H15Cl2NO4/c1-12-4-7-18-15(9-12)21(27)19-20(13-5-6-16(24)17(25)10-13)26(23(28)22(19)30-18)11-14-3-2-8-29-14/h2-10,20H,11H2,1H3. The lowest BCUT2D eigenvalue weighted by molar-refractivity contribution is 0.0701. The Labute approximate surface area is 181 Å².